The maximum absolute atomic E-state index is 15.2. The van der Waals surface area contributed by atoms with Crippen LogP contribution in [0.5, 0.6) is 0 Å². The molecular formula is C59H96O27. The molecule has 27 heteroatoms. The lowest BCUT2D eigenvalue weighted by Gasteiger charge is -2.73. The fourth-order valence-corrected chi connectivity index (χ4v) is 18.5. The van der Waals surface area contributed by atoms with Gasteiger partial charge in [0.15, 0.2) is 25.2 Å². The average molecular weight is 1240 g/mol. The summed E-state index contributed by atoms with van der Waals surface area (Å²) in [7, 11) is 0. The molecule has 0 spiro atoms. The van der Waals surface area contributed by atoms with Gasteiger partial charge in [-0.1, -0.05) is 39.8 Å². The Balaban J connectivity index is 0.809. The number of carbonyl (C=O) groups excluding carboxylic acids is 1. The SMILES string of the molecule is C=C(C)[C@@H]1CC[C@]2(C(=O)O[C@@H]3O[C@H](CO[C@@H]4O[C@H](CO)[C@@H](O[C@@H]5O[C@@H](C)[C@H](O)[C@@H](O)[C@H]5O)[C@H](O)[C@H]4O)[C@@H](O)[C@H](O)[C@H]3O)CC[C@]3(C)C(CCC4[C@@]5(C)CC[C@H](O[C@H]6OC[C@@H](O)C(O[C@@H]7O[C@H](CO)[C@@H](O)[C@H](O)[C@H]7O)[C@@H]6O)[C@@](C)(CO)C5CC[C@]43C)C12. The Labute approximate surface area is 499 Å². The van der Waals surface area contributed by atoms with Gasteiger partial charge in [-0.3, -0.25) is 4.79 Å². The molecule has 27 nitrogen and oxygen atoms in total. The van der Waals surface area contributed by atoms with Crippen molar-refractivity contribution in [2.75, 3.05) is 33.0 Å². The quantitative estimate of drug-likeness (QED) is 0.0426. The summed E-state index contributed by atoms with van der Waals surface area (Å²) in [6.07, 6.45) is -33.0. The molecule has 5 heterocycles. The summed E-state index contributed by atoms with van der Waals surface area (Å²) in [5.74, 6) is -0.807. The van der Waals surface area contributed by atoms with E-state index in [4.69, 9.17) is 47.4 Å². The zero-order valence-corrected chi connectivity index (χ0v) is 49.8. The minimum absolute atomic E-state index is 0.0100. The number of rotatable bonds is 15. The second-order valence-corrected chi connectivity index (χ2v) is 28.0. The molecule has 0 bridgehead atoms. The van der Waals surface area contributed by atoms with E-state index in [2.05, 4.69) is 27.4 Å². The fraction of sp³-hybridized carbons (Fsp3) is 0.949. The predicted octanol–water partition coefficient (Wildman–Crippen LogP) is -3.72. The molecule has 5 saturated heterocycles. The van der Waals surface area contributed by atoms with Crippen LogP contribution < -0.4 is 0 Å². The predicted molar refractivity (Wildman–Crippen MR) is 289 cm³/mol. The van der Waals surface area contributed by atoms with Gasteiger partial charge in [-0.2, -0.15) is 0 Å². The van der Waals surface area contributed by atoms with Crippen LogP contribution in [0.25, 0.3) is 0 Å². The minimum Gasteiger partial charge on any atom is -0.432 e. The van der Waals surface area contributed by atoms with Crippen molar-refractivity contribution in [2.24, 2.45) is 56.7 Å². The highest BCUT2D eigenvalue weighted by atomic mass is 16.8. The molecule has 5 saturated carbocycles. The molecule has 0 amide bonds. The van der Waals surface area contributed by atoms with E-state index in [0.29, 0.717) is 38.5 Å². The Morgan fingerprint density at radius 3 is 1.78 bits per heavy atom. The molecule has 16 N–H and O–H groups in total. The molecule has 10 aliphatic rings. The molecule has 0 aromatic heterocycles. The van der Waals surface area contributed by atoms with Crippen molar-refractivity contribution in [1.29, 1.82) is 0 Å². The zero-order valence-electron chi connectivity index (χ0n) is 49.8. The summed E-state index contributed by atoms with van der Waals surface area (Å²) in [5, 5.41) is 173. The van der Waals surface area contributed by atoms with Gasteiger partial charge in [-0.05, 0) is 124 Å². The molecule has 35 atom stereocenters. The van der Waals surface area contributed by atoms with Crippen LogP contribution in [0.2, 0.25) is 0 Å². The van der Waals surface area contributed by atoms with Gasteiger partial charge >= 0.3 is 5.97 Å². The number of aliphatic hydroxyl groups excluding tert-OH is 16. The summed E-state index contributed by atoms with van der Waals surface area (Å²) in [4.78, 5) is 15.2. The van der Waals surface area contributed by atoms with Crippen molar-refractivity contribution in [3.63, 3.8) is 0 Å². The highest BCUT2D eigenvalue weighted by Crippen LogP contribution is 2.78. The lowest BCUT2D eigenvalue weighted by atomic mass is 9.32. The number of allylic oxidation sites excluding steroid dienone is 1. The molecule has 0 aromatic rings. The number of aliphatic hydroxyl groups is 16. The Morgan fingerprint density at radius 2 is 1.13 bits per heavy atom. The third-order valence-electron chi connectivity index (χ3n) is 23.7. The number of hydrogen-bond donors (Lipinski definition) is 16. The van der Waals surface area contributed by atoms with Crippen LogP contribution in [-0.2, 0) is 52.2 Å². The van der Waals surface area contributed by atoms with Gasteiger partial charge in [0.2, 0.25) is 6.29 Å². The molecule has 494 valence electrons. The molecule has 0 aromatic carbocycles. The van der Waals surface area contributed by atoms with E-state index in [0.717, 1.165) is 31.3 Å². The van der Waals surface area contributed by atoms with Crippen molar-refractivity contribution in [3.05, 3.63) is 12.2 Å². The smallest absolute Gasteiger partial charge is 0.314 e. The van der Waals surface area contributed by atoms with Gasteiger partial charge in [0, 0.05) is 5.41 Å². The average Bonchev–Trinajstić information content (AvgIpc) is 1.00. The number of fused-ring (bicyclic) bond motifs is 7. The zero-order chi connectivity index (χ0) is 62.7. The van der Waals surface area contributed by atoms with E-state index in [-0.39, 0.29) is 59.0 Å². The van der Waals surface area contributed by atoms with Crippen molar-refractivity contribution < 1.29 is 134 Å². The van der Waals surface area contributed by atoms with E-state index >= 15 is 4.79 Å². The maximum Gasteiger partial charge on any atom is 0.314 e. The Kier molecular flexibility index (Phi) is 19.7. The minimum atomic E-state index is -1.91. The molecule has 10 fully saturated rings. The standard InChI is InChI=1S/C59H96O27/c1-23(2)25-10-15-59(54(76)86-53-44(73)40(69)37(66)30(82-53)21-78-49-45(74)41(70)48(29(19-61)81-49)85-51-42(71)38(67)35(64)24(3)79-51)17-16-57(6)26(34(25)59)8-9-32-55(4)13-12-33(56(5,22-62)31(55)11-14-58(32,57)7)83-50-46(75)47(27(63)20-77-50)84-52-43(72)39(68)36(65)28(18-60)80-52/h24-53,60-75H,1,8-22H2,2-7H3/t24-,25-,26?,27+,28+,29+,30+,31?,32?,33-,34?,35-,36+,37+,38+,39-,40-,41+,42+,43+,44+,45+,46-,47?,48+,49+,50+,51-,52-,53-,55-,56-,57+,58+,59-/m0/s1. The first kappa shape index (κ1) is 67.1. The first-order valence-electron chi connectivity index (χ1n) is 30.8. The summed E-state index contributed by atoms with van der Waals surface area (Å²) in [5.41, 5.74) is -1.85. The lowest BCUT2D eigenvalue weighted by molar-refractivity contribution is -0.361. The summed E-state index contributed by atoms with van der Waals surface area (Å²) in [6.45, 7) is 14.2. The first-order valence-corrected chi connectivity index (χ1v) is 30.8. The van der Waals surface area contributed by atoms with E-state index in [1.165, 1.54) is 6.92 Å². The summed E-state index contributed by atoms with van der Waals surface area (Å²) < 4.78 is 58.8. The van der Waals surface area contributed by atoms with E-state index in [1.807, 2.05) is 13.8 Å². The van der Waals surface area contributed by atoms with Crippen LogP contribution in [0, 0.1) is 56.7 Å². The maximum atomic E-state index is 15.2. The lowest BCUT2D eigenvalue weighted by Crippen LogP contribution is -2.68. The Bertz CT molecular complexity index is 2360. The van der Waals surface area contributed by atoms with Gasteiger partial charge < -0.3 is 129 Å². The van der Waals surface area contributed by atoms with Crippen LogP contribution in [-0.4, -0.2) is 274 Å². The van der Waals surface area contributed by atoms with E-state index in [1.54, 1.807) is 0 Å². The van der Waals surface area contributed by atoms with Crippen LogP contribution in [0.4, 0.5) is 0 Å². The third kappa shape index (κ3) is 11.0. The second-order valence-electron chi connectivity index (χ2n) is 28.0. The van der Waals surface area contributed by atoms with E-state index < -0.39 is 190 Å². The van der Waals surface area contributed by atoms with Crippen LogP contribution in [0.3, 0.4) is 0 Å². The molecule has 0 radical (unpaired) electrons. The summed E-state index contributed by atoms with van der Waals surface area (Å²) >= 11 is 0. The Hall–Kier alpha value is -1.79. The van der Waals surface area contributed by atoms with Gasteiger partial charge in [0.1, 0.15) is 110 Å². The molecular weight excluding hydrogens is 1140 g/mol. The molecule has 86 heavy (non-hydrogen) atoms. The van der Waals surface area contributed by atoms with Gasteiger partial charge in [-0.25, -0.2) is 0 Å². The number of hydrogen-bond acceptors (Lipinski definition) is 27. The molecule has 10 rings (SSSR count). The van der Waals surface area contributed by atoms with E-state index in [9.17, 15) is 81.7 Å². The molecule has 5 aliphatic carbocycles. The van der Waals surface area contributed by atoms with Crippen molar-refractivity contribution in [3.8, 4) is 0 Å². The highest BCUT2D eigenvalue weighted by Gasteiger charge is 2.73. The number of ether oxygens (including phenoxy) is 10. The van der Waals surface area contributed by atoms with Gasteiger partial charge in [-0.15, -0.1) is 0 Å². The summed E-state index contributed by atoms with van der Waals surface area (Å²) in [6, 6.07) is 0. The van der Waals surface area contributed by atoms with Crippen molar-refractivity contribution >= 4 is 5.97 Å². The first-order chi connectivity index (χ1) is 40.5. The van der Waals surface area contributed by atoms with Crippen LogP contribution >= 0.6 is 0 Å². The van der Waals surface area contributed by atoms with Crippen LogP contribution in [0.15, 0.2) is 12.2 Å². The van der Waals surface area contributed by atoms with Gasteiger partial charge in [0.05, 0.1) is 50.7 Å². The number of carbonyl (C=O) groups is 1. The topological polar surface area (TPSA) is 433 Å². The molecule has 5 aliphatic heterocycles. The molecule has 5 unspecified atom stereocenters. The number of esters is 1. The normalized spacial score (nSPS) is 55.7. The van der Waals surface area contributed by atoms with Crippen LogP contribution in [0.1, 0.15) is 106 Å². The van der Waals surface area contributed by atoms with Crippen molar-refractivity contribution in [2.45, 2.75) is 259 Å². The monoisotopic (exact) mass is 1240 g/mol. The fourth-order valence-electron chi connectivity index (χ4n) is 18.5. The van der Waals surface area contributed by atoms with Crippen molar-refractivity contribution in [1.82, 2.24) is 0 Å². The highest BCUT2D eigenvalue weighted by molar-refractivity contribution is 5.78. The largest absolute Gasteiger partial charge is 0.432 e. The van der Waals surface area contributed by atoms with Gasteiger partial charge in [0.25, 0.3) is 0 Å². The second kappa shape index (κ2) is 25.3. The third-order valence-corrected chi connectivity index (χ3v) is 23.7. The Morgan fingerprint density at radius 1 is 0.535 bits per heavy atom.